The number of pyridine rings is 1. The minimum absolute atomic E-state index is 0.255. The molecule has 0 amide bonds. The molecule has 1 aliphatic rings. The number of rotatable bonds is 4. The number of hydrogen-bond donors (Lipinski definition) is 2. The Labute approximate surface area is 173 Å². The van der Waals surface area contributed by atoms with Gasteiger partial charge in [0, 0.05) is 55.4 Å². The lowest BCUT2D eigenvalue weighted by atomic mass is 10.1. The standard InChI is InChI=1S/C22H21N7O/c30-29-21-9-4-16(19-3-1-2-10-24-19)15-20(21)26-22(27-29)25-17-5-7-18(8-6-17)28-13-11-23-12-14-28/h1-10,15,23H,11-14H2,(H,25,26,27). The topological polar surface area (TPSA) is 92.9 Å². The third kappa shape index (κ3) is 3.72. The largest absolute Gasteiger partial charge is 0.594 e. The Kier molecular flexibility index (Phi) is 4.82. The second kappa shape index (κ2) is 7.92. The van der Waals surface area contributed by atoms with Gasteiger partial charge in [0.2, 0.25) is 0 Å². The number of nitrogens with zero attached hydrogens (tertiary/aromatic N) is 5. The van der Waals surface area contributed by atoms with Crippen molar-refractivity contribution >= 4 is 28.4 Å². The van der Waals surface area contributed by atoms with Crippen LogP contribution in [0, 0.1) is 5.21 Å². The van der Waals surface area contributed by atoms with Crippen molar-refractivity contribution < 1.29 is 4.85 Å². The van der Waals surface area contributed by atoms with Crippen LogP contribution in [0.3, 0.4) is 0 Å². The van der Waals surface area contributed by atoms with Crippen LogP contribution in [-0.2, 0) is 0 Å². The molecule has 0 aliphatic carbocycles. The first kappa shape index (κ1) is 18.3. The highest BCUT2D eigenvalue weighted by molar-refractivity contribution is 5.79. The van der Waals surface area contributed by atoms with Crippen LogP contribution in [0.2, 0.25) is 0 Å². The molecule has 8 nitrogen and oxygen atoms in total. The SMILES string of the molecule is [O-][n+]1nc(Nc2ccc(N3CCNCC3)cc2)nc2cc(-c3ccccn3)ccc21. The minimum atomic E-state index is 0.255. The molecule has 0 saturated carbocycles. The van der Waals surface area contributed by atoms with Crippen LogP contribution in [0.1, 0.15) is 0 Å². The molecule has 1 fully saturated rings. The second-order valence-electron chi connectivity index (χ2n) is 7.14. The number of hydrogen-bond acceptors (Lipinski definition) is 7. The van der Waals surface area contributed by atoms with Crippen LogP contribution < -0.4 is 20.4 Å². The molecule has 1 saturated heterocycles. The molecule has 2 aromatic heterocycles. The smallest absolute Gasteiger partial charge is 0.295 e. The Hall–Kier alpha value is -3.78. The number of fused-ring (bicyclic) bond motifs is 1. The van der Waals surface area contributed by atoms with Gasteiger partial charge in [0.1, 0.15) is 5.52 Å². The summed E-state index contributed by atoms with van der Waals surface area (Å²) in [7, 11) is 0. The number of benzene rings is 2. The molecule has 150 valence electrons. The summed E-state index contributed by atoms with van der Waals surface area (Å²) >= 11 is 0. The van der Waals surface area contributed by atoms with E-state index in [1.165, 1.54) is 5.69 Å². The van der Waals surface area contributed by atoms with E-state index in [1.807, 2.05) is 42.5 Å². The van der Waals surface area contributed by atoms with Gasteiger partial charge in [-0.3, -0.25) is 4.98 Å². The van der Waals surface area contributed by atoms with E-state index in [0.29, 0.717) is 15.9 Å². The van der Waals surface area contributed by atoms with E-state index >= 15 is 0 Å². The van der Waals surface area contributed by atoms with Gasteiger partial charge < -0.3 is 20.7 Å². The summed E-state index contributed by atoms with van der Waals surface area (Å²) in [6, 6.07) is 19.2. The zero-order valence-corrected chi connectivity index (χ0v) is 16.3. The first-order valence-corrected chi connectivity index (χ1v) is 9.92. The number of piperazine rings is 1. The molecule has 2 aromatic carbocycles. The Morgan fingerprint density at radius 1 is 1.00 bits per heavy atom. The van der Waals surface area contributed by atoms with Crippen molar-refractivity contribution in [2.45, 2.75) is 0 Å². The molecule has 4 aromatic rings. The molecule has 0 atom stereocenters. The molecule has 0 bridgehead atoms. The van der Waals surface area contributed by atoms with Crippen molar-refractivity contribution in [1.82, 2.24) is 20.4 Å². The van der Waals surface area contributed by atoms with E-state index in [4.69, 9.17) is 0 Å². The Balaban J connectivity index is 1.41. The Morgan fingerprint density at radius 2 is 1.83 bits per heavy atom. The highest BCUT2D eigenvalue weighted by Crippen LogP contribution is 2.23. The highest BCUT2D eigenvalue weighted by atomic mass is 16.5. The second-order valence-corrected chi connectivity index (χ2v) is 7.14. The fraction of sp³-hybridized carbons (Fsp3) is 0.182. The van der Waals surface area contributed by atoms with Crippen LogP contribution in [-0.4, -0.2) is 41.2 Å². The minimum Gasteiger partial charge on any atom is -0.594 e. The quantitative estimate of drug-likeness (QED) is 0.402. The molecule has 0 unspecified atom stereocenters. The maximum atomic E-state index is 12.4. The van der Waals surface area contributed by atoms with Crippen molar-refractivity contribution in [3.63, 3.8) is 0 Å². The molecule has 0 spiro atoms. The summed E-state index contributed by atoms with van der Waals surface area (Å²) in [6.45, 7) is 3.98. The van der Waals surface area contributed by atoms with Gasteiger partial charge in [0.25, 0.3) is 11.5 Å². The van der Waals surface area contributed by atoms with E-state index in [2.05, 4.69) is 42.7 Å². The lowest BCUT2D eigenvalue weighted by molar-refractivity contribution is -0.641. The zero-order chi connectivity index (χ0) is 20.3. The fourth-order valence-corrected chi connectivity index (χ4v) is 3.60. The molecule has 30 heavy (non-hydrogen) atoms. The van der Waals surface area contributed by atoms with E-state index in [-0.39, 0.29) is 5.95 Å². The van der Waals surface area contributed by atoms with Crippen LogP contribution in [0.25, 0.3) is 22.3 Å². The molecule has 8 heteroatoms. The van der Waals surface area contributed by atoms with Gasteiger partial charge in [-0.25, -0.2) is 4.98 Å². The van der Waals surface area contributed by atoms with Gasteiger partial charge in [0.05, 0.1) is 10.8 Å². The van der Waals surface area contributed by atoms with Crippen LogP contribution in [0.4, 0.5) is 17.3 Å². The van der Waals surface area contributed by atoms with Gasteiger partial charge >= 0.3 is 0 Å². The summed E-state index contributed by atoms with van der Waals surface area (Å²) < 4.78 is 0. The molecule has 3 heterocycles. The van der Waals surface area contributed by atoms with Crippen LogP contribution in [0.5, 0.6) is 0 Å². The molecule has 1 aliphatic heterocycles. The maximum absolute atomic E-state index is 12.4. The van der Waals surface area contributed by atoms with Gasteiger partial charge in [-0.05, 0) is 53.4 Å². The molecule has 2 N–H and O–H groups in total. The summed E-state index contributed by atoms with van der Waals surface area (Å²) in [5.41, 5.74) is 4.70. The Morgan fingerprint density at radius 3 is 2.60 bits per heavy atom. The van der Waals surface area contributed by atoms with E-state index in [0.717, 1.165) is 43.1 Å². The lowest BCUT2D eigenvalue weighted by Crippen LogP contribution is -2.43. The fourth-order valence-electron chi connectivity index (χ4n) is 3.60. The van der Waals surface area contributed by atoms with Crippen molar-refractivity contribution in [1.29, 1.82) is 0 Å². The maximum Gasteiger partial charge on any atom is 0.295 e. The first-order valence-electron chi connectivity index (χ1n) is 9.92. The number of anilines is 3. The van der Waals surface area contributed by atoms with Crippen molar-refractivity contribution in [3.05, 3.63) is 72.1 Å². The normalized spacial score (nSPS) is 14.1. The van der Waals surface area contributed by atoms with Crippen molar-refractivity contribution in [3.8, 4) is 11.3 Å². The van der Waals surface area contributed by atoms with Crippen LogP contribution >= 0.6 is 0 Å². The van der Waals surface area contributed by atoms with Gasteiger partial charge in [-0.2, -0.15) is 0 Å². The molecule has 5 rings (SSSR count). The van der Waals surface area contributed by atoms with Crippen molar-refractivity contribution in [2.24, 2.45) is 0 Å². The third-order valence-corrected chi connectivity index (χ3v) is 5.16. The van der Waals surface area contributed by atoms with E-state index < -0.39 is 0 Å². The highest BCUT2D eigenvalue weighted by Gasteiger charge is 2.14. The van der Waals surface area contributed by atoms with Crippen molar-refractivity contribution in [2.75, 3.05) is 36.4 Å². The summed E-state index contributed by atoms with van der Waals surface area (Å²) in [4.78, 5) is 11.8. The average molecular weight is 399 g/mol. The number of nitrogens with one attached hydrogen (secondary N) is 2. The molecular formula is C22H21N7O. The summed E-state index contributed by atoms with van der Waals surface area (Å²) in [5, 5.41) is 22.9. The monoisotopic (exact) mass is 399 g/mol. The third-order valence-electron chi connectivity index (χ3n) is 5.16. The molecular weight excluding hydrogens is 378 g/mol. The Bertz CT molecular complexity index is 1160. The molecule has 0 radical (unpaired) electrons. The summed E-state index contributed by atoms with van der Waals surface area (Å²) in [6.07, 6.45) is 1.74. The first-order chi connectivity index (χ1) is 14.8. The van der Waals surface area contributed by atoms with Gasteiger partial charge in [-0.15, -0.1) is 0 Å². The van der Waals surface area contributed by atoms with Crippen LogP contribution in [0.15, 0.2) is 66.9 Å². The van der Waals surface area contributed by atoms with E-state index in [1.54, 1.807) is 12.3 Å². The summed E-state index contributed by atoms with van der Waals surface area (Å²) in [5.74, 6) is 0.255. The predicted octanol–water partition coefficient (Wildman–Crippen LogP) is 2.48. The number of aromatic nitrogens is 4. The lowest BCUT2D eigenvalue weighted by Gasteiger charge is -2.29. The predicted molar refractivity (Wildman–Crippen MR) is 117 cm³/mol. The van der Waals surface area contributed by atoms with Gasteiger partial charge in [0.15, 0.2) is 0 Å². The average Bonchev–Trinajstić information content (AvgIpc) is 2.80. The van der Waals surface area contributed by atoms with E-state index in [9.17, 15) is 5.21 Å². The van der Waals surface area contributed by atoms with Gasteiger partial charge in [-0.1, -0.05) is 6.07 Å². The zero-order valence-electron chi connectivity index (χ0n) is 16.3.